The van der Waals surface area contributed by atoms with Gasteiger partial charge in [0.1, 0.15) is 6.61 Å². The Morgan fingerprint density at radius 3 is 2.37 bits per heavy atom. The third-order valence-electron chi connectivity index (χ3n) is 2.16. The maximum atomic E-state index is 11.2. The van der Waals surface area contributed by atoms with Crippen molar-refractivity contribution in [2.75, 3.05) is 38.6 Å². The number of amides is 1. The molecule has 0 aliphatic carbocycles. The van der Waals surface area contributed by atoms with E-state index in [0.717, 1.165) is 11.4 Å². The van der Waals surface area contributed by atoms with Gasteiger partial charge in [-0.05, 0) is 36.5 Å². The summed E-state index contributed by atoms with van der Waals surface area (Å²) in [6, 6.07) is 7.38. The minimum atomic E-state index is -0.238. The van der Waals surface area contributed by atoms with Crippen LogP contribution in [-0.4, -0.2) is 43.7 Å². The summed E-state index contributed by atoms with van der Waals surface area (Å²) in [5.74, 6) is -0.238. The molecule has 0 unspecified atom stereocenters. The summed E-state index contributed by atoms with van der Waals surface area (Å²) < 4.78 is 4.70. The van der Waals surface area contributed by atoms with E-state index >= 15 is 0 Å². The summed E-state index contributed by atoms with van der Waals surface area (Å²) in [6.45, 7) is 0.0176. The highest BCUT2D eigenvalue weighted by Crippen LogP contribution is 2.13. The predicted octanol–water partition coefficient (Wildman–Crippen LogP) is 1.03. The number of anilines is 2. The van der Waals surface area contributed by atoms with Gasteiger partial charge in [0.2, 0.25) is 0 Å². The van der Waals surface area contributed by atoms with Crippen molar-refractivity contribution in [1.82, 2.24) is 10.3 Å². The standard InChI is InChI=1S/C12H18N4O2S/c1-16(2)12(19)13-9-4-6-10(7-5-9)14-15-11(17)8-18-3/h4-7,14H,8H2,1-3H3,(H,13,19)(H,15,17). The SMILES string of the molecule is COCC(=O)NNc1ccc(NC(=S)N(C)C)cc1. The molecule has 0 bridgehead atoms. The van der Waals surface area contributed by atoms with Crippen LogP contribution in [0.3, 0.4) is 0 Å². The maximum absolute atomic E-state index is 11.2. The molecule has 0 aromatic heterocycles. The second-order valence-electron chi connectivity index (χ2n) is 4.01. The van der Waals surface area contributed by atoms with E-state index in [9.17, 15) is 4.79 Å². The summed E-state index contributed by atoms with van der Waals surface area (Å²) >= 11 is 5.14. The zero-order valence-electron chi connectivity index (χ0n) is 11.2. The Bertz CT molecular complexity index is 434. The van der Waals surface area contributed by atoms with Gasteiger partial charge in [0.25, 0.3) is 5.91 Å². The molecule has 0 saturated carbocycles. The van der Waals surface area contributed by atoms with Crippen LogP contribution in [0.4, 0.5) is 11.4 Å². The highest BCUT2D eigenvalue weighted by atomic mass is 32.1. The number of methoxy groups -OCH3 is 1. The summed E-state index contributed by atoms with van der Waals surface area (Å²) in [4.78, 5) is 13.0. The number of rotatable bonds is 5. The fourth-order valence-electron chi connectivity index (χ4n) is 1.18. The third-order valence-corrected chi connectivity index (χ3v) is 2.63. The summed E-state index contributed by atoms with van der Waals surface area (Å²) in [7, 11) is 5.21. The van der Waals surface area contributed by atoms with E-state index in [1.807, 2.05) is 43.3 Å². The number of nitrogens with zero attached hydrogens (tertiary/aromatic N) is 1. The minimum absolute atomic E-state index is 0.0176. The Hall–Kier alpha value is -1.86. The first-order valence-electron chi connectivity index (χ1n) is 5.65. The van der Waals surface area contributed by atoms with Crippen molar-refractivity contribution >= 4 is 34.6 Å². The first-order chi connectivity index (χ1) is 9.02. The van der Waals surface area contributed by atoms with E-state index in [1.54, 1.807) is 0 Å². The Morgan fingerprint density at radius 2 is 1.84 bits per heavy atom. The molecule has 0 aliphatic rings. The van der Waals surface area contributed by atoms with Crippen molar-refractivity contribution in [3.63, 3.8) is 0 Å². The van der Waals surface area contributed by atoms with Gasteiger partial charge in [0.15, 0.2) is 5.11 Å². The second kappa shape index (κ2) is 7.55. The number of carbonyl (C=O) groups excluding carboxylic acids is 1. The average molecular weight is 282 g/mol. The van der Waals surface area contributed by atoms with Crippen LogP contribution >= 0.6 is 12.2 Å². The lowest BCUT2D eigenvalue weighted by atomic mass is 10.3. The van der Waals surface area contributed by atoms with Crippen LogP contribution in [0.2, 0.25) is 0 Å². The maximum Gasteiger partial charge on any atom is 0.264 e. The van der Waals surface area contributed by atoms with E-state index < -0.39 is 0 Å². The molecule has 104 valence electrons. The van der Waals surface area contributed by atoms with Crippen molar-refractivity contribution in [3.8, 4) is 0 Å². The Balaban J connectivity index is 2.47. The highest BCUT2D eigenvalue weighted by molar-refractivity contribution is 7.80. The largest absolute Gasteiger partial charge is 0.375 e. The molecule has 6 nitrogen and oxygen atoms in total. The average Bonchev–Trinajstić information content (AvgIpc) is 2.38. The third kappa shape index (κ3) is 5.54. The lowest BCUT2D eigenvalue weighted by molar-refractivity contribution is -0.124. The topological polar surface area (TPSA) is 65.6 Å². The number of benzene rings is 1. The minimum Gasteiger partial charge on any atom is -0.375 e. The van der Waals surface area contributed by atoms with Crippen molar-refractivity contribution in [2.24, 2.45) is 0 Å². The Kier molecular flexibility index (Phi) is 6.04. The first-order valence-corrected chi connectivity index (χ1v) is 6.06. The number of nitrogens with one attached hydrogen (secondary N) is 3. The lowest BCUT2D eigenvalue weighted by Gasteiger charge is -2.15. The molecule has 0 spiro atoms. The molecule has 7 heteroatoms. The van der Waals surface area contributed by atoms with Gasteiger partial charge in [0.05, 0.1) is 5.69 Å². The van der Waals surface area contributed by atoms with Crippen LogP contribution in [0.5, 0.6) is 0 Å². The van der Waals surface area contributed by atoms with Crippen LogP contribution in [0, 0.1) is 0 Å². The molecule has 1 rings (SSSR count). The first kappa shape index (κ1) is 15.2. The number of carbonyl (C=O) groups is 1. The summed E-state index contributed by atoms with van der Waals surface area (Å²) in [5.41, 5.74) is 6.94. The van der Waals surface area contributed by atoms with Gasteiger partial charge in [-0.2, -0.15) is 0 Å². The molecular weight excluding hydrogens is 264 g/mol. The molecule has 1 aromatic rings. The quantitative estimate of drug-likeness (QED) is 0.554. The Labute approximate surface area is 118 Å². The molecule has 1 amide bonds. The fourth-order valence-corrected chi connectivity index (χ4v) is 1.30. The molecule has 0 fully saturated rings. The smallest absolute Gasteiger partial charge is 0.264 e. The number of ether oxygens (including phenoxy) is 1. The molecule has 19 heavy (non-hydrogen) atoms. The van der Waals surface area contributed by atoms with Crippen LogP contribution < -0.4 is 16.2 Å². The van der Waals surface area contributed by atoms with Crippen molar-refractivity contribution in [1.29, 1.82) is 0 Å². The summed E-state index contributed by atoms with van der Waals surface area (Å²) in [5, 5.41) is 3.71. The number of thiocarbonyl (C=S) groups is 1. The monoisotopic (exact) mass is 282 g/mol. The fraction of sp³-hybridized carbons (Fsp3) is 0.333. The molecule has 0 aliphatic heterocycles. The van der Waals surface area contributed by atoms with Gasteiger partial charge in [0, 0.05) is 26.9 Å². The second-order valence-corrected chi connectivity index (χ2v) is 4.39. The van der Waals surface area contributed by atoms with E-state index in [0.29, 0.717) is 5.11 Å². The predicted molar refractivity (Wildman–Crippen MR) is 80.0 cm³/mol. The lowest BCUT2D eigenvalue weighted by Crippen LogP contribution is -2.32. The zero-order valence-corrected chi connectivity index (χ0v) is 12.0. The number of hydrazine groups is 1. The molecule has 1 aromatic carbocycles. The normalized spacial score (nSPS) is 9.63. The van der Waals surface area contributed by atoms with E-state index in [4.69, 9.17) is 17.0 Å². The van der Waals surface area contributed by atoms with Gasteiger partial charge in [-0.1, -0.05) is 0 Å². The van der Waals surface area contributed by atoms with Gasteiger partial charge in [-0.25, -0.2) is 0 Å². The van der Waals surface area contributed by atoms with Crippen molar-refractivity contribution in [3.05, 3.63) is 24.3 Å². The van der Waals surface area contributed by atoms with E-state index in [1.165, 1.54) is 7.11 Å². The molecule has 0 heterocycles. The zero-order chi connectivity index (χ0) is 14.3. The molecular formula is C12H18N4O2S. The molecule has 0 atom stereocenters. The van der Waals surface area contributed by atoms with Crippen LogP contribution in [-0.2, 0) is 9.53 Å². The molecule has 0 saturated heterocycles. The van der Waals surface area contributed by atoms with Crippen LogP contribution in [0.25, 0.3) is 0 Å². The van der Waals surface area contributed by atoms with Crippen molar-refractivity contribution in [2.45, 2.75) is 0 Å². The number of hydrogen-bond donors (Lipinski definition) is 3. The van der Waals surface area contributed by atoms with Crippen LogP contribution in [0.1, 0.15) is 0 Å². The van der Waals surface area contributed by atoms with Gasteiger partial charge in [-0.3, -0.25) is 15.6 Å². The Morgan fingerprint density at radius 1 is 1.26 bits per heavy atom. The van der Waals surface area contributed by atoms with E-state index in [-0.39, 0.29) is 12.5 Å². The number of hydrogen-bond acceptors (Lipinski definition) is 4. The van der Waals surface area contributed by atoms with E-state index in [2.05, 4.69) is 16.2 Å². The van der Waals surface area contributed by atoms with Gasteiger partial charge in [-0.15, -0.1) is 0 Å². The summed E-state index contributed by atoms with van der Waals surface area (Å²) in [6.07, 6.45) is 0. The van der Waals surface area contributed by atoms with Crippen LogP contribution in [0.15, 0.2) is 24.3 Å². The molecule has 3 N–H and O–H groups in total. The molecule has 0 radical (unpaired) electrons. The van der Waals surface area contributed by atoms with Crippen molar-refractivity contribution < 1.29 is 9.53 Å². The van der Waals surface area contributed by atoms with Gasteiger partial charge < -0.3 is 15.0 Å². The highest BCUT2D eigenvalue weighted by Gasteiger charge is 2.01. The van der Waals surface area contributed by atoms with Gasteiger partial charge >= 0.3 is 0 Å².